The molecule has 3 heterocycles. The third-order valence-electron chi connectivity index (χ3n) is 10.9. The topological polar surface area (TPSA) is 101 Å². The number of hydrogen-bond donors (Lipinski definition) is 2. The number of anilines is 3. The van der Waals surface area contributed by atoms with E-state index >= 15 is 0 Å². The van der Waals surface area contributed by atoms with Crippen molar-refractivity contribution in [1.29, 1.82) is 0 Å². The van der Waals surface area contributed by atoms with E-state index in [1.807, 2.05) is 21.9 Å². The van der Waals surface area contributed by atoms with Crippen molar-refractivity contribution in [3.63, 3.8) is 0 Å². The summed E-state index contributed by atoms with van der Waals surface area (Å²) in [4.78, 5) is 33.2. The molecule has 5 fully saturated rings. The van der Waals surface area contributed by atoms with Gasteiger partial charge in [0, 0.05) is 109 Å². The number of phenolic OH excluding ortho intramolecular Hbond substituents is 1. The zero-order valence-electron chi connectivity index (χ0n) is 31.6. The quantitative estimate of drug-likeness (QED) is 0.333. The van der Waals surface area contributed by atoms with Crippen LogP contribution in [0.2, 0.25) is 0 Å². The molecule has 0 bridgehead atoms. The number of phenols is 1. The summed E-state index contributed by atoms with van der Waals surface area (Å²) in [6.07, 6.45) is 8.34. The maximum Gasteiger partial charge on any atom is 0.219 e. The lowest BCUT2D eigenvalue weighted by atomic mass is 9.96. The van der Waals surface area contributed by atoms with Crippen molar-refractivity contribution in [2.45, 2.75) is 64.6 Å². The van der Waals surface area contributed by atoms with Gasteiger partial charge in [-0.3, -0.25) is 9.59 Å². The molecule has 2 amide bonds. The van der Waals surface area contributed by atoms with Gasteiger partial charge in [0.15, 0.2) is 0 Å². The molecule has 286 valence electrons. The van der Waals surface area contributed by atoms with Crippen LogP contribution in [0.25, 0.3) is 0 Å². The van der Waals surface area contributed by atoms with Crippen LogP contribution in [-0.2, 0) is 9.59 Å². The molecule has 53 heavy (non-hydrogen) atoms. The third-order valence-corrected chi connectivity index (χ3v) is 10.9. The molecule has 0 spiro atoms. The number of carbonyl (C=O) groups excluding carboxylic acids is 2. The minimum atomic E-state index is 0.144. The van der Waals surface area contributed by atoms with Crippen molar-refractivity contribution < 1.29 is 24.2 Å². The van der Waals surface area contributed by atoms with Crippen molar-refractivity contribution in [1.82, 2.24) is 15.1 Å². The molecular formula is C42H58N6O5. The lowest BCUT2D eigenvalue weighted by molar-refractivity contribution is -0.129. The highest BCUT2D eigenvalue weighted by Crippen LogP contribution is 2.28. The number of rotatable bonds is 7. The fourth-order valence-corrected chi connectivity index (χ4v) is 6.98. The Morgan fingerprint density at radius 2 is 0.868 bits per heavy atom. The fraction of sp³-hybridized carbons (Fsp3) is 0.524. The number of benzene rings is 3. The second-order valence-corrected chi connectivity index (χ2v) is 14.6. The Morgan fingerprint density at radius 1 is 0.528 bits per heavy atom. The second-order valence-electron chi connectivity index (χ2n) is 14.6. The predicted molar refractivity (Wildman–Crippen MR) is 212 cm³/mol. The first-order valence-electron chi connectivity index (χ1n) is 19.6. The van der Waals surface area contributed by atoms with Gasteiger partial charge in [-0.25, -0.2) is 0 Å². The molecule has 2 saturated carbocycles. The van der Waals surface area contributed by atoms with Crippen LogP contribution < -0.4 is 29.5 Å². The molecule has 5 aliphatic rings. The maximum absolute atomic E-state index is 11.3. The van der Waals surface area contributed by atoms with E-state index in [0.29, 0.717) is 12.2 Å². The molecule has 8 rings (SSSR count). The SMILES string of the molecule is CC(=O)N1CCN(c2ccc(O)cc2)CC1.CC(=O)N1CCN(c2ccc(OC3CCC3)cc2)CC1.c1cc(N2CCNCC2)ccc1OC1CCC1. The second kappa shape index (κ2) is 18.9. The summed E-state index contributed by atoms with van der Waals surface area (Å²) in [5.74, 6) is 2.60. The van der Waals surface area contributed by atoms with E-state index in [0.717, 1.165) is 95.7 Å². The van der Waals surface area contributed by atoms with Gasteiger partial charge in [0.05, 0.1) is 12.2 Å². The summed E-state index contributed by atoms with van der Waals surface area (Å²) in [5, 5.41) is 12.6. The number of aromatic hydroxyl groups is 1. The van der Waals surface area contributed by atoms with Crippen molar-refractivity contribution in [2.75, 3.05) is 93.2 Å². The summed E-state index contributed by atoms with van der Waals surface area (Å²) in [7, 11) is 0. The maximum atomic E-state index is 11.3. The zero-order chi connectivity index (χ0) is 37.0. The van der Waals surface area contributed by atoms with E-state index in [9.17, 15) is 14.7 Å². The van der Waals surface area contributed by atoms with Crippen molar-refractivity contribution >= 4 is 28.9 Å². The van der Waals surface area contributed by atoms with Crippen LogP contribution in [0.15, 0.2) is 72.8 Å². The van der Waals surface area contributed by atoms with Crippen molar-refractivity contribution in [3.05, 3.63) is 72.8 Å². The molecule has 3 saturated heterocycles. The van der Waals surface area contributed by atoms with E-state index in [1.165, 1.54) is 49.9 Å². The molecule has 3 aromatic rings. The lowest BCUT2D eigenvalue weighted by Crippen LogP contribution is -2.48. The number of carbonyl (C=O) groups is 2. The van der Waals surface area contributed by atoms with Crippen molar-refractivity contribution in [2.24, 2.45) is 0 Å². The van der Waals surface area contributed by atoms with Crippen LogP contribution in [0.1, 0.15) is 52.4 Å². The van der Waals surface area contributed by atoms with Crippen LogP contribution in [0, 0.1) is 0 Å². The molecule has 3 aliphatic heterocycles. The lowest BCUT2D eigenvalue weighted by Gasteiger charge is -2.35. The number of amides is 2. The van der Waals surface area contributed by atoms with E-state index in [4.69, 9.17) is 9.47 Å². The van der Waals surface area contributed by atoms with Gasteiger partial charge in [-0.1, -0.05) is 0 Å². The van der Waals surface area contributed by atoms with E-state index in [1.54, 1.807) is 26.0 Å². The fourth-order valence-electron chi connectivity index (χ4n) is 6.98. The predicted octanol–water partition coefficient (Wildman–Crippen LogP) is 5.37. The third kappa shape index (κ3) is 11.2. The molecule has 2 aliphatic carbocycles. The Labute approximate surface area is 315 Å². The van der Waals surface area contributed by atoms with Gasteiger partial charge in [0.1, 0.15) is 17.2 Å². The van der Waals surface area contributed by atoms with Crippen LogP contribution in [0.3, 0.4) is 0 Å². The molecule has 0 unspecified atom stereocenters. The van der Waals surface area contributed by atoms with Gasteiger partial charge in [0.2, 0.25) is 11.8 Å². The number of nitrogens with zero attached hydrogens (tertiary/aromatic N) is 5. The first kappa shape index (κ1) is 38.1. The average molecular weight is 727 g/mol. The largest absolute Gasteiger partial charge is 0.508 e. The first-order chi connectivity index (χ1) is 25.8. The standard InChI is InChI=1S/C16H22N2O2.C14H20N2O.C12H16N2O2/c1-13(19)17-9-11-18(12-10-17)14-5-7-16(8-6-14)20-15-3-2-4-15;1-2-13(3-1)17-14-6-4-12(5-7-14)16-10-8-15-9-11-16;1-10(15)13-6-8-14(9-7-13)11-2-4-12(16)5-3-11/h5-8,15H,2-4,9-12H2,1H3;4-7,13,15H,1-3,8-11H2;2-5,16H,6-9H2,1H3. The summed E-state index contributed by atoms with van der Waals surface area (Å²) < 4.78 is 11.7. The van der Waals surface area contributed by atoms with Crippen LogP contribution in [0.5, 0.6) is 17.2 Å². The van der Waals surface area contributed by atoms with Gasteiger partial charge < -0.3 is 44.4 Å². The molecule has 0 radical (unpaired) electrons. The molecule has 0 aromatic heterocycles. The van der Waals surface area contributed by atoms with Gasteiger partial charge >= 0.3 is 0 Å². The summed E-state index contributed by atoms with van der Waals surface area (Å²) >= 11 is 0. The minimum absolute atomic E-state index is 0.144. The molecular weight excluding hydrogens is 668 g/mol. The average Bonchev–Trinajstić information content (AvgIpc) is 3.16. The van der Waals surface area contributed by atoms with Gasteiger partial charge in [-0.2, -0.15) is 0 Å². The summed E-state index contributed by atoms with van der Waals surface area (Å²) in [5.41, 5.74) is 3.63. The van der Waals surface area contributed by atoms with Crippen LogP contribution in [0.4, 0.5) is 17.1 Å². The van der Waals surface area contributed by atoms with Crippen LogP contribution in [-0.4, -0.2) is 117 Å². The summed E-state index contributed by atoms with van der Waals surface area (Å²) in [6, 6.07) is 24.1. The molecule has 11 heteroatoms. The van der Waals surface area contributed by atoms with Gasteiger partial charge in [-0.15, -0.1) is 0 Å². The Balaban J connectivity index is 0.000000137. The molecule has 11 nitrogen and oxygen atoms in total. The van der Waals surface area contributed by atoms with Gasteiger partial charge in [0.25, 0.3) is 0 Å². The highest BCUT2D eigenvalue weighted by Gasteiger charge is 2.22. The normalized spacial score (nSPS) is 19.1. The van der Waals surface area contributed by atoms with Crippen LogP contribution >= 0.6 is 0 Å². The van der Waals surface area contributed by atoms with E-state index in [2.05, 4.69) is 68.5 Å². The first-order valence-corrected chi connectivity index (χ1v) is 19.6. The Kier molecular flexibility index (Phi) is 13.6. The number of hydrogen-bond acceptors (Lipinski definition) is 9. The monoisotopic (exact) mass is 726 g/mol. The van der Waals surface area contributed by atoms with Gasteiger partial charge in [-0.05, 0) is 111 Å². The number of ether oxygens (including phenoxy) is 2. The molecule has 2 N–H and O–H groups in total. The minimum Gasteiger partial charge on any atom is -0.508 e. The highest BCUT2D eigenvalue weighted by molar-refractivity contribution is 5.74. The Morgan fingerprint density at radius 3 is 1.19 bits per heavy atom. The Hall–Kier alpha value is -4.64. The zero-order valence-corrected chi connectivity index (χ0v) is 31.6. The summed E-state index contributed by atoms with van der Waals surface area (Å²) in [6.45, 7) is 14.3. The van der Waals surface area contributed by atoms with E-state index < -0.39 is 0 Å². The highest BCUT2D eigenvalue weighted by atomic mass is 16.5. The number of nitrogens with one attached hydrogen (secondary N) is 1. The smallest absolute Gasteiger partial charge is 0.219 e. The number of piperazine rings is 3. The van der Waals surface area contributed by atoms with Crippen molar-refractivity contribution in [3.8, 4) is 17.2 Å². The van der Waals surface area contributed by atoms with E-state index in [-0.39, 0.29) is 17.6 Å². The molecule has 3 aromatic carbocycles. The molecule has 0 atom stereocenters. The Bertz CT molecular complexity index is 1560.